The van der Waals surface area contributed by atoms with Crippen LogP contribution in [0.25, 0.3) is 11.0 Å². The first-order valence-electron chi connectivity index (χ1n) is 13.3. The predicted molar refractivity (Wildman–Crippen MR) is 143 cm³/mol. The van der Waals surface area contributed by atoms with Gasteiger partial charge in [-0.3, -0.25) is 4.79 Å². The van der Waals surface area contributed by atoms with Gasteiger partial charge < -0.3 is 14.5 Å². The zero-order chi connectivity index (χ0) is 27.8. The van der Waals surface area contributed by atoms with Gasteiger partial charge in [0, 0.05) is 31.9 Å². The van der Waals surface area contributed by atoms with Crippen molar-refractivity contribution in [2.45, 2.75) is 51.1 Å². The summed E-state index contributed by atoms with van der Waals surface area (Å²) in [6, 6.07) is 14.6. The number of nitriles is 1. The minimum atomic E-state index is -4.41. The molecular formula is C29H32F3N5O2. The predicted octanol–water partition coefficient (Wildman–Crippen LogP) is 6.10. The fourth-order valence-corrected chi connectivity index (χ4v) is 4.67. The molecule has 1 fully saturated rings. The van der Waals surface area contributed by atoms with Gasteiger partial charge in [0.15, 0.2) is 11.7 Å². The van der Waals surface area contributed by atoms with Crippen LogP contribution in [0, 0.1) is 11.3 Å². The van der Waals surface area contributed by atoms with Crippen LogP contribution in [-0.4, -0.2) is 48.7 Å². The normalized spacial score (nSPS) is 14.7. The van der Waals surface area contributed by atoms with Crippen LogP contribution in [-0.2, 0) is 15.7 Å². The Bertz CT molecular complexity index is 1320. The number of hydrogen-bond donors (Lipinski definition) is 0. The number of ether oxygens (including phenoxy) is 1. The van der Waals surface area contributed by atoms with E-state index in [9.17, 15) is 23.2 Å². The number of carbonyl (C=O) groups is 1. The molecule has 1 aromatic heterocycles. The SMILES string of the molecule is CCCCCCCOC(=O)[C@@H](C#N)c1nc2ccccc2nc1N1CCN(c2cccc(C(F)(F)F)c2)CC1. The summed E-state index contributed by atoms with van der Waals surface area (Å²) in [5, 5.41) is 9.96. The molecule has 1 saturated heterocycles. The zero-order valence-electron chi connectivity index (χ0n) is 22.0. The van der Waals surface area contributed by atoms with Gasteiger partial charge in [-0.1, -0.05) is 50.8 Å². The molecule has 2 aromatic carbocycles. The van der Waals surface area contributed by atoms with Crippen molar-refractivity contribution in [2.75, 3.05) is 42.6 Å². The van der Waals surface area contributed by atoms with Crippen LogP contribution in [0.4, 0.5) is 24.7 Å². The molecule has 10 heteroatoms. The van der Waals surface area contributed by atoms with Crippen molar-refractivity contribution < 1.29 is 22.7 Å². The summed E-state index contributed by atoms with van der Waals surface area (Å²) in [6.07, 6.45) is 0.596. The highest BCUT2D eigenvalue weighted by molar-refractivity contribution is 5.85. The molecule has 3 aromatic rings. The van der Waals surface area contributed by atoms with Gasteiger partial charge in [-0.15, -0.1) is 0 Å². The molecule has 0 amide bonds. The number of benzene rings is 2. The number of carbonyl (C=O) groups excluding carboxylic acids is 1. The summed E-state index contributed by atoms with van der Waals surface area (Å²) < 4.78 is 45.1. The van der Waals surface area contributed by atoms with E-state index < -0.39 is 23.6 Å². The lowest BCUT2D eigenvalue weighted by molar-refractivity contribution is -0.144. The fourth-order valence-electron chi connectivity index (χ4n) is 4.67. The average Bonchev–Trinajstić information content (AvgIpc) is 2.94. The van der Waals surface area contributed by atoms with Crippen LogP contribution < -0.4 is 9.80 Å². The van der Waals surface area contributed by atoms with Crippen LogP contribution in [0.5, 0.6) is 0 Å². The van der Waals surface area contributed by atoms with E-state index in [0.717, 1.165) is 44.2 Å². The Morgan fingerprint density at radius 2 is 1.64 bits per heavy atom. The molecule has 206 valence electrons. The first kappa shape index (κ1) is 28.1. The smallest absolute Gasteiger partial charge is 0.416 e. The van der Waals surface area contributed by atoms with Crippen LogP contribution >= 0.6 is 0 Å². The van der Waals surface area contributed by atoms with Crippen molar-refractivity contribution in [2.24, 2.45) is 0 Å². The number of aromatic nitrogens is 2. The van der Waals surface area contributed by atoms with E-state index >= 15 is 0 Å². The van der Waals surface area contributed by atoms with Crippen LogP contribution in [0.1, 0.15) is 56.2 Å². The van der Waals surface area contributed by atoms with Gasteiger partial charge in [0.1, 0.15) is 5.69 Å². The van der Waals surface area contributed by atoms with Crippen molar-refractivity contribution in [3.8, 4) is 6.07 Å². The molecule has 1 atom stereocenters. The Kier molecular flexibility index (Phi) is 9.23. The molecule has 2 heterocycles. The number of para-hydroxylation sites is 2. The molecule has 0 unspecified atom stereocenters. The van der Waals surface area contributed by atoms with E-state index in [1.54, 1.807) is 12.1 Å². The first-order valence-corrected chi connectivity index (χ1v) is 13.3. The number of unbranched alkanes of at least 4 members (excludes halogenated alkanes) is 4. The molecule has 0 aliphatic carbocycles. The number of alkyl halides is 3. The van der Waals surface area contributed by atoms with E-state index in [-0.39, 0.29) is 12.3 Å². The maximum atomic E-state index is 13.2. The molecule has 1 aliphatic heterocycles. The molecule has 0 saturated carbocycles. The highest BCUT2D eigenvalue weighted by atomic mass is 19.4. The van der Waals surface area contributed by atoms with Crippen molar-refractivity contribution >= 4 is 28.5 Å². The monoisotopic (exact) mass is 539 g/mol. The van der Waals surface area contributed by atoms with Crippen LogP contribution in [0.2, 0.25) is 0 Å². The minimum absolute atomic E-state index is 0.236. The summed E-state index contributed by atoms with van der Waals surface area (Å²) >= 11 is 0. The largest absolute Gasteiger partial charge is 0.464 e. The van der Waals surface area contributed by atoms with E-state index in [1.165, 1.54) is 6.07 Å². The number of rotatable bonds is 10. The molecule has 1 aliphatic rings. The van der Waals surface area contributed by atoms with E-state index in [0.29, 0.717) is 48.7 Å². The van der Waals surface area contributed by atoms with Gasteiger partial charge in [-0.2, -0.15) is 18.4 Å². The number of nitrogens with zero attached hydrogens (tertiary/aromatic N) is 5. The van der Waals surface area contributed by atoms with Crippen LogP contribution in [0.15, 0.2) is 48.5 Å². The summed E-state index contributed by atoms with van der Waals surface area (Å²) in [4.78, 5) is 26.2. The average molecular weight is 540 g/mol. The van der Waals surface area contributed by atoms with Gasteiger partial charge >= 0.3 is 12.1 Å². The van der Waals surface area contributed by atoms with E-state index in [2.05, 4.69) is 18.0 Å². The molecule has 0 radical (unpaired) electrons. The van der Waals surface area contributed by atoms with Crippen molar-refractivity contribution in [3.05, 3.63) is 59.8 Å². The fraction of sp³-hybridized carbons (Fsp3) is 0.448. The summed E-state index contributed by atoms with van der Waals surface area (Å²) in [5.41, 5.74) is 1.22. The second kappa shape index (κ2) is 12.8. The lowest BCUT2D eigenvalue weighted by Crippen LogP contribution is -2.47. The van der Waals surface area contributed by atoms with Gasteiger partial charge in [0.2, 0.25) is 0 Å². The topological polar surface area (TPSA) is 82.3 Å². The summed E-state index contributed by atoms with van der Waals surface area (Å²) in [7, 11) is 0. The first-order chi connectivity index (χ1) is 18.8. The molecule has 0 spiro atoms. The molecule has 0 N–H and O–H groups in total. The van der Waals surface area contributed by atoms with E-state index in [1.807, 2.05) is 28.0 Å². The molecule has 4 rings (SSSR count). The van der Waals surface area contributed by atoms with Crippen molar-refractivity contribution in [3.63, 3.8) is 0 Å². The van der Waals surface area contributed by atoms with Crippen molar-refractivity contribution in [1.82, 2.24) is 9.97 Å². The quantitative estimate of drug-likeness (QED) is 0.228. The molecule has 0 bridgehead atoms. The van der Waals surface area contributed by atoms with Gasteiger partial charge in [0.25, 0.3) is 0 Å². The second-order valence-electron chi connectivity index (χ2n) is 9.59. The maximum absolute atomic E-state index is 13.2. The number of esters is 1. The minimum Gasteiger partial charge on any atom is -0.464 e. The molecule has 7 nitrogen and oxygen atoms in total. The van der Waals surface area contributed by atoms with Gasteiger partial charge in [0.05, 0.1) is 29.3 Å². The lowest BCUT2D eigenvalue weighted by atomic mass is 10.1. The summed E-state index contributed by atoms with van der Waals surface area (Å²) in [6.45, 7) is 4.11. The maximum Gasteiger partial charge on any atom is 0.416 e. The number of anilines is 2. The standard InChI is InChI=1S/C29H32F3N5O2/c1-2-3-4-5-8-18-39-28(38)23(20-33)26-27(35-25-13-7-6-12-24(25)34-26)37-16-14-36(15-17-37)22-11-9-10-21(19-22)29(30,31)32/h6-7,9-13,19,23H,2-5,8,14-18H2,1H3/t23-/m0/s1. The summed E-state index contributed by atoms with van der Waals surface area (Å²) in [5.74, 6) is -1.47. The van der Waals surface area contributed by atoms with Crippen LogP contribution in [0.3, 0.4) is 0 Å². The van der Waals surface area contributed by atoms with E-state index in [4.69, 9.17) is 9.72 Å². The number of piperazine rings is 1. The van der Waals surface area contributed by atoms with Crippen molar-refractivity contribution in [1.29, 1.82) is 5.26 Å². The molecular weight excluding hydrogens is 507 g/mol. The number of hydrogen-bond acceptors (Lipinski definition) is 7. The third-order valence-corrected chi connectivity index (χ3v) is 6.83. The Hall–Kier alpha value is -3.87. The lowest BCUT2D eigenvalue weighted by Gasteiger charge is -2.37. The Balaban J connectivity index is 1.53. The number of fused-ring (bicyclic) bond motifs is 1. The van der Waals surface area contributed by atoms with Gasteiger partial charge in [-0.25, -0.2) is 9.97 Å². The highest BCUT2D eigenvalue weighted by Crippen LogP contribution is 2.33. The third kappa shape index (κ3) is 6.96. The van der Waals surface area contributed by atoms with Gasteiger partial charge in [-0.05, 0) is 36.8 Å². The molecule has 39 heavy (non-hydrogen) atoms. The Labute approximate surface area is 226 Å². The number of halogens is 3. The Morgan fingerprint density at radius 1 is 0.974 bits per heavy atom. The second-order valence-corrected chi connectivity index (χ2v) is 9.59. The third-order valence-electron chi connectivity index (χ3n) is 6.83. The Morgan fingerprint density at radius 3 is 2.31 bits per heavy atom. The zero-order valence-corrected chi connectivity index (χ0v) is 22.0. The highest BCUT2D eigenvalue weighted by Gasteiger charge is 2.33.